The summed E-state index contributed by atoms with van der Waals surface area (Å²) in [5.74, 6) is -1.98. The molecular weight excluding hydrogens is 436 g/mol. The molecule has 31 heavy (non-hydrogen) atoms. The van der Waals surface area contributed by atoms with Gasteiger partial charge in [-0.25, -0.2) is 26.3 Å². The first-order chi connectivity index (χ1) is 14.7. The molecule has 0 saturated carbocycles. The molecule has 0 aliphatic carbocycles. The minimum absolute atomic E-state index is 0.222. The Hall–Kier alpha value is -3.40. The van der Waals surface area contributed by atoms with E-state index in [0.717, 1.165) is 24.3 Å². The van der Waals surface area contributed by atoms with Gasteiger partial charge in [-0.05, 0) is 66.2 Å². The largest absolute Gasteiger partial charge is 0.206 e. The molecule has 0 aliphatic heterocycles. The van der Waals surface area contributed by atoms with Gasteiger partial charge in [0.1, 0.15) is 29.0 Å². The van der Waals surface area contributed by atoms with E-state index in [0.29, 0.717) is 24.1 Å². The second-order valence-corrected chi connectivity index (χ2v) is 6.53. The molecule has 3 rings (SSSR count). The topological polar surface area (TPSA) is 12.4 Å². The van der Waals surface area contributed by atoms with Crippen molar-refractivity contribution in [3.8, 4) is 23.0 Å². The molecule has 0 atom stereocenters. The molecule has 0 N–H and O–H groups in total. The number of nitrogens with zero attached hydrogens (tertiary/aromatic N) is 1. The summed E-state index contributed by atoms with van der Waals surface area (Å²) in [7, 11) is 0. The Morgan fingerprint density at radius 1 is 0.742 bits per heavy atom. The van der Waals surface area contributed by atoms with Crippen molar-refractivity contribution in [3.05, 3.63) is 88.0 Å². The number of isothiocyanates is 1. The van der Waals surface area contributed by atoms with Crippen molar-refractivity contribution in [1.82, 2.24) is 0 Å². The van der Waals surface area contributed by atoms with Crippen LogP contribution in [0.5, 0.6) is 0 Å². The van der Waals surface area contributed by atoms with Gasteiger partial charge in [0, 0.05) is 5.56 Å². The Bertz CT molecular complexity index is 1230. The summed E-state index contributed by atoms with van der Waals surface area (Å²) < 4.78 is 85.1. The van der Waals surface area contributed by atoms with Gasteiger partial charge in [0.2, 0.25) is 0 Å². The average Bonchev–Trinajstić information content (AvgIpc) is 2.69. The highest BCUT2D eigenvalue weighted by atomic mass is 32.1. The zero-order valence-corrected chi connectivity index (χ0v) is 16.6. The van der Waals surface area contributed by atoms with Crippen molar-refractivity contribution in [2.45, 2.75) is 13.3 Å². The van der Waals surface area contributed by atoms with Crippen molar-refractivity contribution >= 4 is 23.1 Å². The fourth-order valence-electron chi connectivity index (χ4n) is 2.87. The molecule has 0 bridgehead atoms. The van der Waals surface area contributed by atoms with Crippen LogP contribution in [0.25, 0.3) is 11.1 Å². The number of rotatable bonds is 3. The third-order valence-corrected chi connectivity index (χ3v) is 4.44. The molecule has 0 aliphatic rings. The van der Waals surface area contributed by atoms with E-state index in [1.54, 1.807) is 6.92 Å². The Balaban J connectivity index is 2.04. The van der Waals surface area contributed by atoms with Gasteiger partial charge in [0.25, 0.3) is 0 Å². The molecule has 156 valence electrons. The van der Waals surface area contributed by atoms with Gasteiger partial charge >= 0.3 is 0 Å². The van der Waals surface area contributed by atoms with Gasteiger partial charge in [-0.1, -0.05) is 18.8 Å². The maximum Gasteiger partial charge on any atom is 0.153 e. The van der Waals surface area contributed by atoms with E-state index in [9.17, 15) is 26.3 Å². The monoisotopic (exact) mass is 447 g/mol. The first-order valence-electron chi connectivity index (χ1n) is 8.81. The Kier molecular flexibility index (Phi) is 6.59. The molecule has 1 nitrogen and oxygen atoms in total. The molecule has 0 aromatic heterocycles. The lowest BCUT2D eigenvalue weighted by molar-refractivity contribution is 0.574. The van der Waals surface area contributed by atoms with E-state index >= 15 is 0 Å². The van der Waals surface area contributed by atoms with E-state index in [1.807, 2.05) is 5.16 Å². The van der Waals surface area contributed by atoms with Gasteiger partial charge in [-0.3, -0.25) is 0 Å². The standard InChI is InChI=1S/C23H11F6NS/c1-2-12-5-16(24)15(17(25)6-12)4-3-13-7-18(26)22(19(27)8-13)14-9-20(28)23(30-11-31)21(29)10-14/h5-10H,2H2,1H3. The van der Waals surface area contributed by atoms with Crippen LogP contribution in [0.1, 0.15) is 23.6 Å². The highest BCUT2D eigenvalue weighted by Crippen LogP contribution is 2.32. The molecule has 0 fully saturated rings. The lowest BCUT2D eigenvalue weighted by atomic mass is 10.0. The quantitative estimate of drug-likeness (QED) is 0.184. The van der Waals surface area contributed by atoms with E-state index in [-0.39, 0.29) is 5.56 Å². The summed E-state index contributed by atoms with van der Waals surface area (Å²) in [4.78, 5) is 3.23. The lowest BCUT2D eigenvalue weighted by Crippen LogP contribution is -1.96. The van der Waals surface area contributed by atoms with E-state index in [1.165, 1.54) is 0 Å². The maximum atomic E-state index is 14.5. The third-order valence-electron chi connectivity index (χ3n) is 4.35. The summed E-state index contributed by atoms with van der Waals surface area (Å²) in [5, 5.41) is 1.81. The van der Waals surface area contributed by atoms with Gasteiger partial charge in [0.15, 0.2) is 11.6 Å². The predicted molar refractivity (Wildman–Crippen MR) is 108 cm³/mol. The number of thiocarbonyl (C=S) groups is 1. The smallest absolute Gasteiger partial charge is 0.153 e. The SMILES string of the molecule is CCc1cc(F)c(C#Cc2cc(F)c(-c3cc(F)c(N=C=S)c(F)c3)c(F)c2)c(F)c1. The van der Waals surface area contributed by atoms with Crippen molar-refractivity contribution < 1.29 is 26.3 Å². The predicted octanol–water partition coefficient (Wildman–Crippen LogP) is 6.88. The number of hydrogen-bond donors (Lipinski definition) is 0. The van der Waals surface area contributed by atoms with E-state index in [2.05, 4.69) is 29.1 Å². The number of hydrogen-bond acceptors (Lipinski definition) is 2. The Morgan fingerprint density at radius 2 is 1.29 bits per heavy atom. The fraction of sp³-hybridized carbons (Fsp3) is 0.0870. The molecule has 0 unspecified atom stereocenters. The second-order valence-electron chi connectivity index (χ2n) is 6.34. The summed E-state index contributed by atoms with van der Waals surface area (Å²) >= 11 is 4.29. The van der Waals surface area contributed by atoms with Crippen LogP contribution >= 0.6 is 12.2 Å². The zero-order chi connectivity index (χ0) is 22.7. The fourth-order valence-corrected chi connectivity index (χ4v) is 2.96. The summed E-state index contributed by atoms with van der Waals surface area (Å²) in [6, 6.07) is 5.22. The van der Waals surface area contributed by atoms with Crippen LogP contribution in [0, 0.1) is 46.7 Å². The highest BCUT2D eigenvalue weighted by Gasteiger charge is 2.18. The first kappa shape index (κ1) is 22.3. The normalized spacial score (nSPS) is 10.3. The summed E-state index contributed by atoms with van der Waals surface area (Å²) in [6.07, 6.45) is 0.416. The minimum Gasteiger partial charge on any atom is -0.206 e. The molecule has 3 aromatic carbocycles. The van der Waals surface area contributed by atoms with Crippen LogP contribution < -0.4 is 0 Å². The highest BCUT2D eigenvalue weighted by molar-refractivity contribution is 7.78. The van der Waals surface area contributed by atoms with Gasteiger partial charge in [0.05, 0.1) is 16.3 Å². The average molecular weight is 447 g/mol. The molecule has 0 heterocycles. The van der Waals surface area contributed by atoms with Crippen LogP contribution in [0.4, 0.5) is 32.0 Å². The number of benzene rings is 3. The summed E-state index contributed by atoms with van der Waals surface area (Å²) in [5.41, 5.74) is -2.18. The molecule has 3 aromatic rings. The van der Waals surface area contributed by atoms with Crippen molar-refractivity contribution in [2.75, 3.05) is 0 Å². The van der Waals surface area contributed by atoms with Gasteiger partial charge < -0.3 is 0 Å². The number of aryl methyl sites for hydroxylation is 1. The Labute approximate surface area is 179 Å². The third kappa shape index (κ3) is 4.69. The van der Waals surface area contributed by atoms with Crippen LogP contribution in [0.3, 0.4) is 0 Å². The number of aliphatic imine (C=N–C) groups is 1. The van der Waals surface area contributed by atoms with E-state index in [4.69, 9.17) is 0 Å². The van der Waals surface area contributed by atoms with Crippen LogP contribution in [0.15, 0.2) is 41.4 Å². The first-order valence-corrected chi connectivity index (χ1v) is 9.22. The van der Waals surface area contributed by atoms with Crippen molar-refractivity contribution in [1.29, 1.82) is 0 Å². The molecule has 8 heteroatoms. The Morgan fingerprint density at radius 3 is 1.77 bits per heavy atom. The van der Waals surface area contributed by atoms with Crippen molar-refractivity contribution in [3.63, 3.8) is 0 Å². The number of halogens is 6. The molecule has 0 radical (unpaired) electrons. The summed E-state index contributed by atoms with van der Waals surface area (Å²) in [6.45, 7) is 1.72. The molecule has 0 amide bonds. The molecule has 0 spiro atoms. The van der Waals surface area contributed by atoms with Crippen molar-refractivity contribution in [2.24, 2.45) is 4.99 Å². The van der Waals surface area contributed by atoms with Gasteiger partial charge in [-0.15, -0.1) is 0 Å². The van der Waals surface area contributed by atoms with E-state index < -0.39 is 57.3 Å². The molecule has 0 saturated heterocycles. The molecular formula is C23H11F6NS. The minimum atomic E-state index is -1.18. The zero-order valence-electron chi connectivity index (χ0n) is 15.8. The van der Waals surface area contributed by atoms with Crippen LogP contribution in [0.2, 0.25) is 0 Å². The maximum absolute atomic E-state index is 14.5. The van der Waals surface area contributed by atoms with Crippen LogP contribution in [-0.4, -0.2) is 5.16 Å². The van der Waals surface area contributed by atoms with Crippen LogP contribution in [-0.2, 0) is 6.42 Å². The second kappa shape index (κ2) is 9.17. The lowest BCUT2D eigenvalue weighted by Gasteiger charge is -2.08. The van der Waals surface area contributed by atoms with Gasteiger partial charge in [-0.2, -0.15) is 4.99 Å².